The number of benzene rings is 1. The third kappa shape index (κ3) is 5.10. The van der Waals surface area contributed by atoms with Crippen LogP contribution in [-0.4, -0.2) is 51.2 Å². The van der Waals surface area contributed by atoms with E-state index in [1.54, 1.807) is 26.8 Å². The molecule has 0 bridgehead atoms. The van der Waals surface area contributed by atoms with Gasteiger partial charge < -0.3 is 10.1 Å². The Kier molecular flexibility index (Phi) is 6.98. The van der Waals surface area contributed by atoms with Crippen LogP contribution in [-0.2, 0) is 24.9 Å². The first-order valence-electron chi connectivity index (χ1n) is 9.66. The van der Waals surface area contributed by atoms with Gasteiger partial charge in [-0.15, -0.1) is 23.5 Å². The van der Waals surface area contributed by atoms with E-state index in [9.17, 15) is 14.4 Å². The van der Waals surface area contributed by atoms with Crippen molar-refractivity contribution in [1.82, 2.24) is 10.2 Å². The van der Waals surface area contributed by atoms with Crippen LogP contribution >= 0.6 is 23.5 Å². The summed E-state index contributed by atoms with van der Waals surface area (Å²) in [6, 6.07) is 9.27. The molecule has 30 heavy (non-hydrogen) atoms. The summed E-state index contributed by atoms with van der Waals surface area (Å²) in [6.07, 6.45) is 1.59. The number of carbonyl (C=O) groups excluding carboxylic acids is 3. The Morgan fingerprint density at radius 1 is 1.33 bits per heavy atom. The summed E-state index contributed by atoms with van der Waals surface area (Å²) in [5, 5.41) is 2.51. The summed E-state index contributed by atoms with van der Waals surface area (Å²) in [6.45, 7) is 9.10. The number of ether oxygens (including phenoxy) is 1. The third-order valence-electron chi connectivity index (χ3n) is 4.50. The van der Waals surface area contributed by atoms with Crippen molar-refractivity contribution in [1.29, 1.82) is 0 Å². The minimum Gasteiger partial charge on any atom is -0.455 e. The summed E-state index contributed by atoms with van der Waals surface area (Å²) >= 11 is 3.00. The number of allylic oxidation sites excluding steroid dienone is 1. The van der Waals surface area contributed by atoms with Gasteiger partial charge in [-0.2, -0.15) is 0 Å². The maximum absolute atomic E-state index is 12.8. The molecular weight excluding hydrogens is 420 g/mol. The van der Waals surface area contributed by atoms with Gasteiger partial charge in [0.25, 0.3) is 5.91 Å². The van der Waals surface area contributed by atoms with E-state index in [2.05, 4.69) is 11.9 Å². The Hall–Kier alpha value is -2.19. The highest BCUT2D eigenvalue weighted by molar-refractivity contribution is 8.00. The maximum atomic E-state index is 12.8. The monoisotopic (exact) mass is 446 g/mol. The average molecular weight is 447 g/mol. The van der Waals surface area contributed by atoms with Gasteiger partial charge in [0.2, 0.25) is 5.91 Å². The van der Waals surface area contributed by atoms with Crippen LogP contribution in [0.3, 0.4) is 0 Å². The van der Waals surface area contributed by atoms with Crippen molar-refractivity contribution in [2.24, 2.45) is 0 Å². The number of β-lactam (4-membered cyclic amide) rings is 1. The van der Waals surface area contributed by atoms with Crippen LogP contribution in [0, 0.1) is 0 Å². The number of thioether (sulfide) groups is 2. The van der Waals surface area contributed by atoms with Crippen LogP contribution in [0.2, 0.25) is 0 Å². The van der Waals surface area contributed by atoms with Crippen LogP contribution in [0.4, 0.5) is 0 Å². The van der Waals surface area contributed by atoms with Gasteiger partial charge in [-0.25, -0.2) is 4.79 Å². The van der Waals surface area contributed by atoms with Crippen molar-refractivity contribution >= 4 is 41.3 Å². The largest absolute Gasteiger partial charge is 0.455 e. The molecule has 0 unspecified atom stereocenters. The van der Waals surface area contributed by atoms with Crippen molar-refractivity contribution in [2.45, 2.75) is 43.5 Å². The number of carbonyl (C=O) groups is 3. The zero-order valence-electron chi connectivity index (χ0n) is 17.3. The number of hydrogen-bond acceptors (Lipinski definition) is 6. The summed E-state index contributed by atoms with van der Waals surface area (Å²) in [5.74, 6) is 0.496. The normalized spacial score (nSPS) is 20.9. The van der Waals surface area contributed by atoms with E-state index in [4.69, 9.17) is 4.74 Å². The molecule has 2 aliphatic heterocycles. The first kappa shape index (κ1) is 22.5. The molecule has 160 valence electrons. The lowest BCUT2D eigenvalue weighted by Crippen LogP contribution is -2.70. The van der Waals surface area contributed by atoms with Crippen molar-refractivity contribution in [3.8, 4) is 0 Å². The van der Waals surface area contributed by atoms with Gasteiger partial charge >= 0.3 is 5.97 Å². The molecule has 6 nitrogen and oxygen atoms in total. The number of amides is 2. The SMILES string of the molecule is C=CC1=C(C(=O)OC(C)(C)C)N2C(=O)[C@@H](NC(=O)CSCc3ccccc3)[C@H]2SC1. The molecule has 1 N–H and O–H groups in total. The molecule has 1 saturated heterocycles. The Morgan fingerprint density at radius 2 is 2.03 bits per heavy atom. The number of hydrogen-bond donors (Lipinski definition) is 1. The van der Waals surface area contributed by atoms with E-state index in [0.29, 0.717) is 11.3 Å². The molecule has 0 aromatic heterocycles. The number of fused-ring (bicyclic) bond motifs is 1. The van der Waals surface area contributed by atoms with Gasteiger partial charge in [-0.1, -0.05) is 43.0 Å². The van der Waals surface area contributed by atoms with Gasteiger partial charge in [-0.3, -0.25) is 14.5 Å². The molecule has 3 rings (SSSR count). The highest BCUT2D eigenvalue weighted by Gasteiger charge is 2.54. The van der Waals surface area contributed by atoms with Crippen molar-refractivity contribution in [2.75, 3.05) is 11.5 Å². The van der Waals surface area contributed by atoms with Gasteiger partial charge in [0.1, 0.15) is 22.7 Å². The molecule has 2 amide bonds. The highest BCUT2D eigenvalue weighted by atomic mass is 32.2. The van der Waals surface area contributed by atoms with Crippen LogP contribution < -0.4 is 5.32 Å². The van der Waals surface area contributed by atoms with E-state index in [0.717, 1.165) is 11.3 Å². The third-order valence-corrected chi connectivity index (χ3v) is 6.80. The quantitative estimate of drug-likeness (QED) is 0.512. The summed E-state index contributed by atoms with van der Waals surface area (Å²) in [4.78, 5) is 39.3. The molecular formula is C22H26N2O4S2. The molecule has 0 saturated carbocycles. The molecule has 2 atom stereocenters. The zero-order valence-corrected chi connectivity index (χ0v) is 19.0. The van der Waals surface area contributed by atoms with Crippen molar-refractivity contribution < 1.29 is 19.1 Å². The number of nitrogens with zero attached hydrogens (tertiary/aromatic N) is 1. The molecule has 0 spiro atoms. The fraction of sp³-hybridized carbons (Fsp3) is 0.409. The van der Waals surface area contributed by atoms with Gasteiger partial charge in [-0.05, 0) is 31.9 Å². The average Bonchev–Trinajstić information content (AvgIpc) is 2.70. The van der Waals surface area contributed by atoms with Crippen molar-refractivity contribution in [3.63, 3.8) is 0 Å². The summed E-state index contributed by atoms with van der Waals surface area (Å²) < 4.78 is 5.48. The van der Waals surface area contributed by atoms with E-state index < -0.39 is 17.6 Å². The van der Waals surface area contributed by atoms with Crippen molar-refractivity contribution in [3.05, 3.63) is 59.8 Å². The van der Waals surface area contributed by atoms with Crippen LogP contribution in [0.15, 0.2) is 54.3 Å². The second-order valence-electron chi connectivity index (χ2n) is 8.01. The standard InChI is InChI=1S/C22H26N2O4S2/c1-5-15-12-30-20-17(19(26)24(20)18(15)21(27)28-22(2,3)4)23-16(25)13-29-11-14-9-7-6-8-10-14/h5-10,17,20H,1,11-13H2,2-4H3,(H,23,25)/t17-,20-/m1/s1. The number of esters is 1. The fourth-order valence-corrected chi connectivity index (χ4v) is 5.31. The smallest absolute Gasteiger partial charge is 0.355 e. The molecule has 0 radical (unpaired) electrons. The molecule has 8 heteroatoms. The van der Waals surface area contributed by atoms with Crippen LogP contribution in [0.25, 0.3) is 0 Å². The fourth-order valence-electron chi connectivity index (χ4n) is 3.17. The van der Waals surface area contributed by atoms with Gasteiger partial charge in [0, 0.05) is 11.5 Å². The Labute approximate surface area is 185 Å². The molecule has 0 aliphatic carbocycles. The summed E-state index contributed by atoms with van der Waals surface area (Å²) in [5.41, 5.74) is 1.38. The molecule has 2 aliphatic rings. The second kappa shape index (κ2) is 9.31. The molecule has 2 heterocycles. The Balaban J connectivity index is 1.60. The minimum atomic E-state index is -0.673. The van der Waals surface area contributed by atoms with Gasteiger partial charge in [0.15, 0.2) is 0 Å². The summed E-state index contributed by atoms with van der Waals surface area (Å²) in [7, 11) is 0. The van der Waals surface area contributed by atoms with Crippen LogP contribution in [0.1, 0.15) is 26.3 Å². The predicted octanol–water partition coefficient (Wildman–Crippen LogP) is 3.10. The second-order valence-corrected chi connectivity index (χ2v) is 10.1. The maximum Gasteiger partial charge on any atom is 0.355 e. The van der Waals surface area contributed by atoms with E-state index in [1.165, 1.54) is 28.4 Å². The lowest BCUT2D eigenvalue weighted by Gasteiger charge is -2.49. The molecule has 1 aromatic rings. The Bertz CT molecular complexity index is 877. The molecule has 1 aromatic carbocycles. The van der Waals surface area contributed by atoms with Crippen LogP contribution in [0.5, 0.6) is 0 Å². The zero-order chi connectivity index (χ0) is 21.9. The predicted molar refractivity (Wildman–Crippen MR) is 121 cm³/mol. The Morgan fingerprint density at radius 3 is 2.67 bits per heavy atom. The van der Waals surface area contributed by atoms with E-state index in [-0.39, 0.29) is 28.6 Å². The number of rotatable bonds is 7. The topological polar surface area (TPSA) is 75.7 Å². The lowest BCUT2D eigenvalue weighted by atomic mass is 10.0. The van der Waals surface area contributed by atoms with Gasteiger partial charge in [0.05, 0.1) is 5.75 Å². The number of nitrogens with one attached hydrogen (secondary N) is 1. The first-order valence-corrected chi connectivity index (χ1v) is 11.9. The highest BCUT2D eigenvalue weighted by Crippen LogP contribution is 2.41. The first-order chi connectivity index (χ1) is 14.2. The lowest BCUT2D eigenvalue weighted by molar-refractivity contribution is -0.158. The molecule has 1 fully saturated rings. The minimum absolute atomic E-state index is 0.188. The van der Waals surface area contributed by atoms with E-state index >= 15 is 0 Å². The van der Waals surface area contributed by atoms with E-state index in [1.807, 2.05) is 30.3 Å².